The van der Waals surface area contributed by atoms with Crippen LogP contribution in [0.15, 0.2) is 42.5 Å². The number of hydrogen-bond donors (Lipinski definition) is 1. The lowest BCUT2D eigenvalue weighted by Gasteiger charge is -2.11. The first-order valence-corrected chi connectivity index (χ1v) is 6.02. The zero-order valence-corrected chi connectivity index (χ0v) is 10.7. The average Bonchev–Trinajstić information content (AvgIpc) is 2.33. The van der Waals surface area contributed by atoms with Crippen molar-refractivity contribution < 1.29 is 0 Å². The molecule has 2 rings (SSSR count). The molecular formula is C16H19N. The molecule has 2 aromatic carbocycles. The van der Waals surface area contributed by atoms with Gasteiger partial charge in [-0.2, -0.15) is 0 Å². The maximum absolute atomic E-state index is 3.22. The maximum Gasteiger partial charge on any atom is 0.0208 e. The predicted octanol–water partition coefficient (Wildman–Crippen LogP) is 3.69. The van der Waals surface area contributed by atoms with E-state index in [1.54, 1.807) is 0 Å². The molecule has 0 spiro atoms. The number of benzene rings is 2. The van der Waals surface area contributed by atoms with Crippen molar-refractivity contribution in [3.63, 3.8) is 0 Å². The van der Waals surface area contributed by atoms with Crippen molar-refractivity contribution in [3.8, 4) is 11.1 Å². The van der Waals surface area contributed by atoms with Gasteiger partial charge >= 0.3 is 0 Å². The molecule has 0 radical (unpaired) electrons. The van der Waals surface area contributed by atoms with E-state index in [-0.39, 0.29) is 0 Å². The first-order chi connectivity index (χ1) is 8.20. The first kappa shape index (κ1) is 11.9. The van der Waals surface area contributed by atoms with Crippen molar-refractivity contribution in [1.29, 1.82) is 0 Å². The molecule has 0 unspecified atom stereocenters. The highest BCUT2D eigenvalue weighted by molar-refractivity contribution is 5.68. The van der Waals surface area contributed by atoms with Crippen LogP contribution in [0.3, 0.4) is 0 Å². The molecule has 0 aliphatic rings. The Morgan fingerprint density at radius 3 is 2.18 bits per heavy atom. The van der Waals surface area contributed by atoms with Crippen molar-refractivity contribution in [3.05, 3.63) is 59.2 Å². The van der Waals surface area contributed by atoms with Crippen LogP contribution >= 0.6 is 0 Å². The summed E-state index contributed by atoms with van der Waals surface area (Å²) in [7, 11) is 1.98. The SMILES string of the molecule is CNCc1ccc(C)cc1-c1ccc(C)cc1. The van der Waals surface area contributed by atoms with Gasteiger partial charge in [0.05, 0.1) is 0 Å². The van der Waals surface area contributed by atoms with Gasteiger partial charge in [0.15, 0.2) is 0 Å². The molecule has 1 N–H and O–H groups in total. The van der Waals surface area contributed by atoms with Gasteiger partial charge in [-0.15, -0.1) is 0 Å². The number of rotatable bonds is 3. The van der Waals surface area contributed by atoms with Gasteiger partial charge in [0.2, 0.25) is 0 Å². The van der Waals surface area contributed by atoms with Gasteiger partial charge in [0.1, 0.15) is 0 Å². The number of aryl methyl sites for hydroxylation is 2. The summed E-state index contributed by atoms with van der Waals surface area (Å²) in [5.41, 5.74) is 6.59. The Hall–Kier alpha value is -1.60. The minimum atomic E-state index is 0.906. The van der Waals surface area contributed by atoms with Gasteiger partial charge in [0, 0.05) is 6.54 Å². The Bertz CT molecular complexity index is 497. The minimum absolute atomic E-state index is 0.906. The highest BCUT2D eigenvalue weighted by Crippen LogP contribution is 2.25. The standard InChI is InChI=1S/C16H19N/c1-12-4-7-14(8-5-12)16-10-13(2)6-9-15(16)11-17-3/h4-10,17H,11H2,1-3H3. The van der Waals surface area contributed by atoms with E-state index in [0.717, 1.165) is 6.54 Å². The predicted molar refractivity (Wildman–Crippen MR) is 74.1 cm³/mol. The van der Waals surface area contributed by atoms with Crippen molar-refractivity contribution in [2.75, 3.05) is 7.05 Å². The summed E-state index contributed by atoms with van der Waals surface area (Å²) < 4.78 is 0. The van der Waals surface area contributed by atoms with E-state index in [4.69, 9.17) is 0 Å². The van der Waals surface area contributed by atoms with E-state index in [1.165, 1.54) is 27.8 Å². The van der Waals surface area contributed by atoms with Gasteiger partial charge in [0.25, 0.3) is 0 Å². The van der Waals surface area contributed by atoms with Crippen LogP contribution < -0.4 is 5.32 Å². The average molecular weight is 225 g/mol. The Balaban J connectivity index is 2.48. The molecule has 17 heavy (non-hydrogen) atoms. The molecule has 0 heterocycles. The molecule has 0 aromatic heterocycles. The first-order valence-electron chi connectivity index (χ1n) is 6.02. The molecule has 0 amide bonds. The Kier molecular flexibility index (Phi) is 3.60. The molecular weight excluding hydrogens is 206 g/mol. The van der Waals surface area contributed by atoms with E-state index in [2.05, 4.69) is 61.6 Å². The molecule has 0 aliphatic carbocycles. The second-order valence-corrected chi connectivity index (χ2v) is 4.56. The third kappa shape index (κ3) is 2.75. The molecule has 1 heteroatoms. The van der Waals surface area contributed by atoms with Crippen molar-refractivity contribution in [1.82, 2.24) is 5.32 Å². The zero-order valence-electron chi connectivity index (χ0n) is 10.7. The number of nitrogens with one attached hydrogen (secondary N) is 1. The summed E-state index contributed by atoms with van der Waals surface area (Å²) in [5, 5.41) is 3.22. The fourth-order valence-electron chi connectivity index (χ4n) is 2.04. The van der Waals surface area contributed by atoms with E-state index >= 15 is 0 Å². The van der Waals surface area contributed by atoms with E-state index in [0.29, 0.717) is 0 Å². The molecule has 0 saturated heterocycles. The van der Waals surface area contributed by atoms with Crippen molar-refractivity contribution in [2.45, 2.75) is 20.4 Å². The van der Waals surface area contributed by atoms with Crippen LogP contribution in [-0.2, 0) is 6.54 Å². The van der Waals surface area contributed by atoms with Crippen LogP contribution in [0, 0.1) is 13.8 Å². The topological polar surface area (TPSA) is 12.0 Å². The van der Waals surface area contributed by atoms with Crippen molar-refractivity contribution >= 4 is 0 Å². The van der Waals surface area contributed by atoms with Gasteiger partial charge < -0.3 is 5.32 Å². The lowest BCUT2D eigenvalue weighted by Crippen LogP contribution is -2.06. The lowest BCUT2D eigenvalue weighted by molar-refractivity contribution is 0.819. The van der Waals surface area contributed by atoms with Crippen LogP contribution in [0.1, 0.15) is 16.7 Å². The molecule has 88 valence electrons. The van der Waals surface area contributed by atoms with Crippen LogP contribution in [0.2, 0.25) is 0 Å². The lowest BCUT2D eigenvalue weighted by atomic mass is 9.97. The Morgan fingerprint density at radius 2 is 1.53 bits per heavy atom. The fourth-order valence-corrected chi connectivity index (χ4v) is 2.04. The minimum Gasteiger partial charge on any atom is -0.316 e. The van der Waals surface area contributed by atoms with Gasteiger partial charge in [-0.1, -0.05) is 53.6 Å². The molecule has 0 aliphatic heterocycles. The van der Waals surface area contributed by atoms with Gasteiger partial charge in [-0.05, 0) is 37.6 Å². The largest absolute Gasteiger partial charge is 0.316 e. The van der Waals surface area contributed by atoms with Crippen LogP contribution in [0.5, 0.6) is 0 Å². The molecule has 0 fully saturated rings. The third-order valence-electron chi connectivity index (χ3n) is 3.00. The second kappa shape index (κ2) is 5.15. The molecule has 2 aromatic rings. The fraction of sp³-hybridized carbons (Fsp3) is 0.250. The van der Waals surface area contributed by atoms with Crippen LogP contribution in [-0.4, -0.2) is 7.05 Å². The quantitative estimate of drug-likeness (QED) is 0.840. The van der Waals surface area contributed by atoms with E-state index < -0.39 is 0 Å². The maximum atomic E-state index is 3.22. The monoisotopic (exact) mass is 225 g/mol. The zero-order chi connectivity index (χ0) is 12.3. The normalized spacial score (nSPS) is 10.5. The smallest absolute Gasteiger partial charge is 0.0208 e. The number of hydrogen-bond acceptors (Lipinski definition) is 1. The summed E-state index contributed by atoms with van der Waals surface area (Å²) in [6.07, 6.45) is 0. The van der Waals surface area contributed by atoms with Crippen LogP contribution in [0.25, 0.3) is 11.1 Å². The molecule has 1 nitrogen and oxygen atoms in total. The second-order valence-electron chi connectivity index (χ2n) is 4.56. The van der Waals surface area contributed by atoms with Gasteiger partial charge in [-0.3, -0.25) is 0 Å². The summed E-state index contributed by atoms with van der Waals surface area (Å²) in [6, 6.07) is 15.4. The highest BCUT2D eigenvalue weighted by Gasteiger charge is 2.04. The summed E-state index contributed by atoms with van der Waals surface area (Å²) in [6.45, 7) is 5.17. The molecule has 0 saturated carbocycles. The van der Waals surface area contributed by atoms with Crippen LogP contribution in [0.4, 0.5) is 0 Å². The van der Waals surface area contributed by atoms with Gasteiger partial charge in [-0.25, -0.2) is 0 Å². The Morgan fingerprint density at radius 1 is 0.882 bits per heavy atom. The van der Waals surface area contributed by atoms with E-state index in [1.807, 2.05) is 7.05 Å². The summed E-state index contributed by atoms with van der Waals surface area (Å²) >= 11 is 0. The summed E-state index contributed by atoms with van der Waals surface area (Å²) in [5.74, 6) is 0. The highest BCUT2D eigenvalue weighted by atomic mass is 14.8. The van der Waals surface area contributed by atoms with Crippen molar-refractivity contribution in [2.24, 2.45) is 0 Å². The molecule has 0 bridgehead atoms. The third-order valence-corrected chi connectivity index (χ3v) is 3.00. The molecule has 0 atom stereocenters. The van der Waals surface area contributed by atoms with E-state index in [9.17, 15) is 0 Å². The Labute approximate surface area is 103 Å². The summed E-state index contributed by atoms with van der Waals surface area (Å²) in [4.78, 5) is 0.